The molecule has 0 spiro atoms. The Hall–Kier alpha value is -2.04. The summed E-state index contributed by atoms with van der Waals surface area (Å²) >= 11 is 0. The van der Waals surface area contributed by atoms with Crippen molar-refractivity contribution in [3.05, 3.63) is 35.9 Å². The average Bonchev–Trinajstić information content (AvgIpc) is 3.45. The van der Waals surface area contributed by atoms with Gasteiger partial charge in [0.05, 0.1) is 0 Å². The van der Waals surface area contributed by atoms with Gasteiger partial charge in [-0.05, 0) is 37.0 Å². The second-order valence-corrected chi connectivity index (χ2v) is 7.80. The highest BCUT2D eigenvalue weighted by Gasteiger charge is 2.16. The molecule has 0 amide bonds. The number of fused-ring (bicyclic) bond motifs is 1. The SMILES string of the molecule is CCc1nncn1CCNC(=NCCc1ccc2c(c1)OCCO2)NC1CCCC1.I. The summed E-state index contributed by atoms with van der Waals surface area (Å²) in [4.78, 5) is 4.84. The van der Waals surface area contributed by atoms with Crippen LogP contribution in [-0.2, 0) is 19.4 Å². The minimum Gasteiger partial charge on any atom is -0.486 e. The molecule has 2 aromatic rings. The number of halogens is 1. The molecule has 1 aromatic heterocycles. The fraction of sp³-hybridized carbons (Fsp3) is 0.591. The minimum atomic E-state index is 0. The van der Waals surface area contributed by atoms with E-state index >= 15 is 0 Å². The molecule has 0 unspecified atom stereocenters. The van der Waals surface area contributed by atoms with Gasteiger partial charge in [-0.15, -0.1) is 34.2 Å². The highest BCUT2D eigenvalue weighted by molar-refractivity contribution is 14.0. The number of hydrogen-bond donors (Lipinski definition) is 2. The van der Waals surface area contributed by atoms with Gasteiger partial charge in [0.2, 0.25) is 0 Å². The Bertz CT molecular complexity index is 850. The van der Waals surface area contributed by atoms with Gasteiger partial charge in [-0.3, -0.25) is 4.99 Å². The molecular formula is C22H33IN6O2. The fourth-order valence-corrected chi connectivity index (χ4v) is 3.99. The van der Waals surface area contributed by atoms with Crippen LogP contribution < -0.4 is 20.1 Å². The molecule has 2 heterocycles. The summed E-state index contributed by atoms with van der Waals surface area (Å²) in [6, 6.07) is 6.68. The summed E-state index contributed by atoms with van der Waals surface area (Å²) in [5.74, 6) is 3.58. The molecule has 1 saturated carbocycles. The molecule has 1 aliphatic heterocycles. The standard InChI is InChI=1S/C22H32N6O2.HI/c1-2-21-27-25-16-28(21)12-11-24-22(26-18-5-3-4-6-18)23-10-9-17-7-8-19-20(15-17)30-14-13-29-19;/h7-8,15-16,18H,2-6,9-14H2,1H3,(H2,23,24,26);1H. The maximum absolute atomic E-state index is 5.69. The molecule has 170 valence electrons. The second kappa shape index (κ2) is 12.1. The van der Waals surface area contributed by atoms with E-state index in [1.807, 2.05) is 6.07 Å². The quantitative estimate of drug-likeness (QED) is 0.305. The third-order valence-corrected chi connectivity index (χ3v) is 5.63. The normalized spacial score (nSPS) is 16.1. The van der Waals surface area contributed by atoms with Crippen molar-refractivity contribution in [3.8, 4) is 11.5 Å². The molecule has 1 aliphatic carbocycles. The Morgan fingerprint density at radius 1 is 1.19 bits per heavy atom. The second-order valence-electron chi connectivity index (χ2n) is 7.80. The van der Waals surface area contributed by atoms with Gasteiger partial charge in [0.25, 0.3) is 0 Å². The van der Waals surface area contributed by atoms with Crippen molar-refractivity contribution in [3.63, 3.8) is 0 Å². The molecular weight excluding hydrogens is 507 g/mol. The maximum Gasteiger partial charge on any atom is 0.191 e. The lowest BCUT2D eigenvalue weighted by atomic mass is 10.1. The zero-order valence-corrected chi connectivity index (χ0v) is 20.5. The van der Waals surface area contributed by atoms with E-state index < -0.39 is 0 Å². The van der Waals surface area contributed by atoms with Crippen LogP contribution in [0.4, 0.5) is 0 Å². The van der Waals surface area contributed by atoms with E-state index in [9.17, 15) is 0 Å². The van der Waals surface area contributed by atoms with Crippen LogP contribution in [0.25, 0.3) is 0 Å². The van der Waals surface area contributed by atoms with Crippen molar-refractivity contribution >= 4 is 29.9 Å². The number of hydrogen-bond acceptors (Lipinski definition) is 5. The first-order chi connectivity index (χ1) is 14.8. The molecule has 0 bridgehead atoms. The number of nitrogens with zero attached hydrogens (tertiary/aromatic N) is 4. The number of aliphatic imine (C=N–C) groups is 1. The zero-order chi connectivity index (χ0) is 20.6. The zero-order valence-electron chi connectivity index (χ0n) is 18.2. The molecule has 9 heteroatoms. The van der Waals surface area contributed by atoms with Gasteiger partial charge >= 0.3 is 0 Å². The van der Waals surface area contributed by atoms with Crippen LogP contribution in [0.3, 0.4) is 0 Å². The van der Waals surface area contributed by atoms with E-state index in [-0.39, 0.29) is 24.0 Å². The first kappa shape index (κ1) is 23.6. The van der Waals surface area contributed by atoms with Crippen molar-refractivity contribution in [2.75, 3.05) is 26.3 Å². The van der Waals surface area contributed by atoms with Crippen molar-refractivity contribution in [2.45, 2.75) is 58.0 Å². The number of aromatic nitrogens is 3. The van der Waals surface area contributed by atoms with Crippen LogP contribution in [0.15, 0.2) is 29.5 Å². The molecule has 2 N–H and O–H groups in total. The Morgan fingerprint density at radius 2 is 2.00 bits per heavy atom. The minimum absolute atomic E-state index is 0. The van der Waals surface area contributed by atoms with E-state index in [1.54, 1.807) is 6.33 Å². The van der Waals surface area contributed by atoms with E-state index in [1.165, 1.54) is 31.2 Å². The first-order valence-electron chi connectivity index (χ1n) is 11.1. The summed E-state index contributed by atoms with van der Waals surface area (Å²) in [7, 11) is 0. The largest absolute Gasteiger partial charge is 0.486 e. The van der Waals surface area contributed by atoms with Crippen molar-refractivity contribution < 1.29 is 9.47 Å². The molecule has 0 radical (unpaired) electrons. The smallest absolute Gasteiger partial charge is 0.191 e. The fourth-order valence-electron chi connectivity index (χ4n) is 3.99. The van der Waals surface area contributed by atoms with Crippen LogP contribution in [0.5, 0.6) is 11.5 Å². The number of aryl methyl sites for hydroxylation is 1. The number of guanidine groups is 1. The maximum atomic E-state index is 5.69. The molecule has 1 fully saturated rings. The van der Waals surface area contributed by atoms with Crippen molar-refractivity contribution in [2.24, 2.45) is 4.99 Å². The van der Waals surface area contributed by atoms with Gasteiger partial charge in [0.1, 0.15) is 25.4 Å². The van der Waals surface area contributed by atoms with Gasteiger partial charge in [0, 0.05) is 32.1 Å². The van der Waals surface area contributed by atoms with Crippen LogP contribution >= 0.6 is 24.0 Å². The summed E-state index contributed by atoms with van der Waals surface area (Å²) in [6.07, 6.45) is 8.56. The first-order valence-corrected chi connectivity index (χ1v) is 11.1. The number of rotatable bonds is 8. The Labute approximate surface area is 201 Å². The molecule has 4 rings (SSSR count). The summed E-state index contributed by atoms with van der Waals surface area (Å²) in [5.41, 5.74) is 1.21. The third-order valence-electron chi connectivity index (χ3n) is 5.63. The highest BCUT2D eigenvalue weighted by Crippen LogP contribution is 2.30. The Kier molecular flexibility index (Phi) is 9.23. The predicted octanol–water partition coefficient (Wildman–Crippen LogP) is 2.95. The monoisotopic (exact) mass is 540 g/mol. The van der Waals surface area contributed by atoms with Crippen LogP contribution in [0.1, 0.15) is 44.0 Å². The Morgan fingerprint density at radius 3 is 2.81 bits per heavy atom. The molecule has 8 nitrogen and oxygen atoms in total. The van der Waals surface area contributed by atoms with Crippen LogP contribution in [0.2, 0.25) is 0 Å². The molecule has 0 saturated heterocycles. The van der Waals surface area contributed by atoms with Crippen molar-refractivity contribution in [1.29, 1.82) is 0 Å². The van der Waals surface area contributed by atoms with Gasteiger partial charge in [0.15, 0.2) is 17.5 Å². The molecule has 31 heavy (non-hydrogen) atoms. The van der Waals surface area contributed by atoms with Gasteiger partial charge < -0.3 is 24.7 Å². The van der Waals surface area contributed by atoms with E-state index in [2.05, 4.69) is 44.5 Å². The van der Waals surface area contributed by atoms with E-state index in [4.69, 9.17) is 14.5 Å². The van der Waals surface area contributed by atoms with E-state index in [0.717, 1.165) is 49.2 Å². The number of benzene rings is 1. The van der Waals surface area contributed by atoms with Crippen LogP contribution in [0, 0.1) is 0 Å². The lowest BCUT2D eigenvalue weighted by molar-refractivity contribution is 0.171. The summed E-state index contributed by atoms with van der Waals surface area (Å²) in [5, 5.41) is 15.3. The topological polar surface area (TPSA) is 85.6 Å². The number of ether oxygens (including phenoxy) is 2. The van der Waals surface area contributed by atoms with Crippen LogP contribution in [-0.4, -0.2) is 53.1 Å². The molecule has 2 aliphatic rings. The molecule has 1 aromatic carbocycles. The Balaban J connectivity index is 0.00000272. The summed E-state index contributed by atoms with van der Waals surface area (Å²) in [6.45, 7) is 5.65. The molecule has 0 atom stereocenters. The lowest BCUT2D eigenvalue weighted by Gasteiger charge is -2.19. The van der Waals surface area contributed by atoms with Crippen molar-refractivity contribution in [1.82, 2.24) is 25.4 Å². The van der Waals surface area contributed by atoms with Gasteiger partial charge in [-0.1, -0.05) is 25.8 Å². The number of nitrogens with one attached hydrogen (secondary N) is 2. The average molecular weight is 540 g/mol. The van der Waals surface area contributed by atoms with E-state index in [0.29, 0.717) is 25.8 Å². The summed E-state index contributed by atoms with van der Waals surface area (Å²) < 4.78 is 13.4. The highest BCUT2D eigenvalue weighted by atomic mass is 127. The van der Waals surface area contributed by atoms with Gasteiger partial charge in [-0.2, -0.15) is 0 Å². The van der Waals surface area contributed by atoms with Gasteiger partial charge in [-0.25, -0.2) is 0 Å². The predicted molar refractivity (Wildman–Crippen MR) is 132 cm³/mol. The lowest BCUT2D eigenvalue weighted by Crippen LogP contribution is -2.43. The third kappa shape index (κ3) is 6.72.